The number of hydrogen-bond acceptors (Lipinski definition) is 18. The summed E-state index contributed by atoms with van der Waals surface area (Å²) in [6.07, 6.45) is 18.9. The third kappa shape index (κ3) is 22.9. The van der Waals surface area contributed by atoms with Crippen molar-refractivity contribution in [3.05, 3.63) is 104 Å². The Labute approximate surface area is 370 Å². The molecule has 0 aliphatic carbocycles. The molecule has 22 nitrogen and oxygen atoms in total. The van der Waals surface area contributed by atoms with E-state index in [1.807, 2.05) is 111 Å². The molecule has 8 rings (SSSR count). The maximum absolute atomic E-state index is 8.46. The fourth-order valence-electron chi connectivity index (χ4n) is 3.38. The van der Waals surface area contributed by atoms with Gasteiger partial charge in [-0.3, -0.25) is 4.68 Å². The number of benzene rings is 1. The SMILES string of the molecule is C.C.C.CCSc1nncn1C.CSc1nncn1C.Cn1ccnc1.Cn1ccnn1.Cn1cnc(C#N)c1C#N.Cn1cnnc1.Cn1nnnc1Sc1ccccc1. The highest BCUT2D eigenvalue weighted by Crippen LogP contribution is 2.23. The number of hydrogen-bond donors (Lipinski definition) is 0. The third-order valence-electron chi connectivity index (χ3n) is 6.19. The molecule has 0 spiro atoms. The van der Waals surface area contributed by atoms with E-state index in [2.05, 4.69) is 73.3 Å². The van der Waals surface area contributed by atoms with Crippen molar-refractivity contribution in [2.75, 3.05) is 12.0 Å². The Morgan fingerprint density at radius 2 is 1.26 bits per heavy atom. The minimum Gasteiger partial charge on any atom is -0.341 e. The Morgan fingerprint density at radius 3 is 1.59 bits per heavy atom. The van der Waals surface area contributed by atoms with Crippen LogP contribution in [0.25, 0.3) is 0 Å². The molecule has 0 N–H and O–H groups in total. The number of rotatable bonds is 5. The minimum atomic E-state index is 0. The second-order valence-electron chi connectivity index (χ2n) is 10.8. The van der Waals surface area contributed by atoms with Gasteiger partial charge in [-0.2, -0.15) is 10.5 Å². The molecule has 61 heavy (non-hydrogen) atoms. The summed E-state index contributed by atoms with van der Waals surface area (Å²) >= 11 is 4.84. The van der Waals surface area contributed by atoms with Crippen LogP contribution in [-0.2, 0) is 49.3 Å². The van der Waals surface area contributed by atoms with Gasteiger partial charge < -0.3 is 22.8 Å². The summed E-state index contributed by atoms with van der Waals surface area (Å²) in [5.74, 6) is 1.05. The highest BCUT2D eigenvalue weighted by molar-refractivity contribution is 7.99. The number of tetrazole rings is 1. The van der Waals surface area contributed by atoms with Crippen LogP contribution in [0.2, 0.25) is 0 Å². The molecule has 7 aromatic heterocycles. The monoisotopic (exact) mass is 892 g/mol. The van der Waals surface area contributed by atoms with E-state index in [0.29, 0.717) is 5.69 Å². The van der Waals surface area contributed by atoms with Crippen molar-refractivity contribution in [2.45, 2.75) is 49.6 Å². The maximum Gasteiger partial charge on any atom is 0.213 e. The quantitative estimate of drug-likeness (QED) is 0.207. The van der Waals surface area contributed by atoms with Gasteiger partial charge in [0.25, 0.3) is 0 Å². The molecule has 7 heterocycles. The predicted octanol–water partition coefficient (Wildman–Crippen LogP) is 4.95. The molecule has 0 bridgehead atoms. The van der Waals surface area contributed by atoms with E-state index in [1.165, 1.54) is 10.9 Å². The minimum absolute atomic E-state index is 0. The molecule has 25 heteroatoms. The van der Waals surface area contributed by atoms with Crippen molar-refractivity contribution in [3.8, 4) is 12.1 Å². The number of thioether (sulfide) groups is 2. The van der Waals surface area contributed by atoms with Crippen LogP contribution in [0, 0.1) is 22.7 Å². The highest BCUT2D eigenvalue weighted by Gasteiger charge is 2.05. The second-order valence-corrected chi connectivity index (χ2v) is 13.8. The largest absolute Gasteiger partial charge is 0.341 e. The molecule has 0 radical (unpaired) electrons. The Kier molecular flexibility index (Phi) is 30.7. The molecule has 0 amide bonds. The average Bonchev–Trinajstić information content (AvgIpc) is 4.09. The van der Waals surface area contributed by atoms with Crippen LogP contribution in [0.1, 0.15) is 40.6 Å². The molecular weight excluding hydrogens is 837 g/mol. The van der Waals surface area contributed by atoms with Crippen LogP contribution in [0.5, 0.6) is 0 Å². The molecule has 0 saturated heterocycles. The standard InChI is InChI=1S/C8H8N4S.C6H4N4.C5H9N3S.C4H7N3S.C4H6N2.2C3H5N3.3CH4/c1-12-8(9-10-11-12)13-7-5-3-2-4-6-7;1-10-4-9-5(2-7)6(10)3-8;1-3-9-5-7-6-4-8(5)2;1-7-3-5-6-4(7)8-2;1-6-3-2-5-4-6;1-6-2-4-5-3-6;1-6-3-2-4-5-6;;;/h2-6H,1H3;4H,1H3;4H,3H2,1-2H3;3H,1-2H3;2-4H,1H3;2*2-3H,1H3;3*1H4. The van der Waals surface area contributed by atoms with Crippen LogP contribution in [0.3, 0.4) is 0 Å². The number of aryl methyl sites for hydroxylation is 7. The molecule has 328 valence electrons. The van der Waals surface area contributed by atoms with Gasteiger partial charge in [0, 0.05) is 72.8 Å². The van der Waals surface area contributed by atoms with Gasteiger partial charge in [-0.1, -0.05) is 76.1 Å². The van der Waals surface area contributed by atoms with E-state index in [4.69, 9.17) is 10.5 Å². The summed E-state index contributed by atoms with van der Waals surface area (Å²) in [5, 5.41) is 60.1. The van der Waals surface area contributed by atoms with Crippen molar-refractivity contribution in [1.29, 1.82) is 10.5 Å². The van der Waals surface area contributed by atoms with Gasteiger partial charge in [0.05, 0.1) is 18.9 Å². The first kappa shape index (κ1) is 56.4. The topological polar surface area (TPSA) is 250 Å². The smallest absolute Gasteiger partial charge is 0.213 e. The van der Waals surface area contributed by atoms with Gasteiger partial charge in [0.2, 0.25) is 5.16 Å². The van der Waals surface area contributed by atoms with Crippen molar-refractivity contribution in [3.63, 3.8) is 0 Å². The molecule has 8 aromatic rings. The summed E-state index contributed by atoms with van der Waals surface area (Å²) in [6.45, 7) is 2.10. The Morgan fingerprint density at radius 1 is 0.623 bits per heavy atom. The normalized spacial score (nSPS) is 8.90. The zero-order chi connectivity index (χ0) is 42.5. The molecule has 0 aliphatic rings. The van der Waals surface area contributed by atoms with Crippen LogP contribution in [0.4, 0.5) is 0 Å². The van der Waals surface area contributed by atoms with Gasteiger partial charge >= 0.3 is 0 Å². The Hall–Kier alpha value is -6.70. The summed E-state index contributed by atoms with van der Waals surface area (Å²) in [5.41, 5.74) is 0.493. The van der Waals surface area contributed by atoms with Crippen LogP contribution in [-0.4, -0.2) is 111 Å². The zero-order valence-corrected chi connectivity index (χ0v) is 35.9. The van der Waals surface area contributed by atoms with Gasteiger partial charge in [-0.05, 0) is 46.3 Å². The van der Waals surface area contributed by atoms with Crippen LogP contribution >= 0.6 is 35.3 Å². The van der Waals surface area contributed by atoms with Gasteiger partial charge in [0.15, 0.2) is 21.7 Å². The average molecular weight is 893 g/mol. The van der Waals surface area contributed by atoms with E-state index in [9.17, 15) is 0 Å². The lowest BCUT2D eigenvalue weighted by Gasteiger charge is -1.97. The van der Waals surface area contributed by atoms with E-state index in [-0.39, 0.29) is 28.0 Å². The van der Waals surface area contributed by atoms with Crippen molar-refractivity contribution in [1.82, 2.24) is 98.6 Å². The lowest BCUT2D eigenvalue weighted by Crippen LogP contribution is -1.92. The highest BCUT2D eigenvalue weighted by atomic mass is 32.2. The van der Waals surface area contributed by atoms with Gasteiger partial charge in [0.1, 0.15) is 37.4 Å². The first-order valence-electron chi connectivity index (χ1n) is 16.6. The number of nitriles is 2. The molecule has 0 atom stereocenters. The van der Waals surface area contributed by atoms with Gasteiger partial charge in [-0.25, -0.2) is 14.6 Å². The summed E-state index contributed by atoms with van der Waals surface area (Å²) in [4.78, 5) is 8.61. The number of nitrogens with zero attached hydrogens (tertiary/aromatic N) is 22. The van der Waals surface area contributed by atoms with Crippen LogP contribution < -0.4 is 0 Å². The van der Waals surface area contributed by atoms with Crippen LogP contribution in [0.15, 0.2) is 113 Å². The van der Waals surface area contributed by atoms with Crippen molar-refractivity contribution in [2.24, 2.45) is 49.3 Å². The third-order valence-corrected chi connectivity index (χ3v) is 8.88. The van der Waals surface area contributed by atoms with E-state index in [0.717, 1.165) is 26.1 Å². The lowest BCUT2D eigenvalue weighted by molar-refractivity contribution is 0.664. The Balaban J connectivity index is 0. The Bertz CT molecular complexity index is 2200. The lowest BCUT2D eigenvalue weighted by atomic mass is 10.4. The first-order valence-corrected chi connectivity index (χ1v) is 19.7. The van der Waals surface area contributed by atoms with Crippen molar-refractivity contribution >= 4 is 35.3 Å². The van der Waals surface area contributed by atoms with E-state index in [1.54, 1.807) is 106 Å². The summed E-state index contributed by atoms with van der Waals surface area (Å²) < 4.78 is 12.3. The van der Waals surface area contributed by atoms with Crippen molar-refractivity contribution < 1.29 is 0 Å². The second kappa shape index (κ2) is 33.2. The predicted molar refractivity (Wildman–Crippen MR) is 238 cm³/mol. The molecule has 0 aliphatic heterocycles. The molecular formula is C36H56N22S3. The van der Waals surface area contributed by atoms with E-state index >= 15 is 0 Å². The fourth-order valence-corrected chi connectivity index (χ4v) is 5.21. The fraction of sp³-hybridized carbons (Fsp3) is 0.361. The summed E-state index contributed by atoms with van der Waals surface area (Å²) in [6, 6.07) is 13.7. The molecule has 0 saturated carbocycles. The van der Waals surface area contributed by atoms with Gasteiger partial charge in [-0.15, -0.1) is 40.8 Å². The number of aromatic nitrogens is 20. The maximum atomic E-state index is 8.46. The zero-order valence-electron chi connectivity index (χ0n) is 33.4. The molecule has 0 fully saturated rings. The first-order chi connectivity index (χ1) is 28.0. The molecule has 0 unspecified atom stereocenters. The molecule has 1 aromatic carbocycles. The van der Waals surface area contributed by atoms with E-state index < -0.39 is 0 Å². The number of imidazole rings is 2. The summed E-state index contributed by atoms with van der Waals surface area (Å²) in [7, 11) is 13.0.